The normalized spacial score (nSPS) is 23.7. The van der Waals surface area contributed by atoms with Gasteiger partial charge in [-0.2, -0.15) is 0 Å². The molecule has 3 rings (SSSR count). The van der Waals surface area contributed by atoms with Gasteiger partial charge >= 0.3 is 13.1 Å². The Kier molecular flexibility index (Phi) is 5.71. The molecule has 0 radical (unpaired) electrons. The van der Waals surface area contributed by atoms with Gasteiger partial charge in [-0.15, -0.1) is 0 Å². The van der Waals surface area contributed by atoms with Crippen LogP contribution in [0.2, 0.25) is 6.32 Å². The molecule has 2 fully saturated rings. The molecule has 1 aliphatic carbocycles. The average Bonchev–Trinajstić information content (AvgIpc) is 2.94. The maximum Gasteiger partial charge on any atom is 0.451 e. The van der Waals surface area contributed by atoms with Crippen molar-refractivity contribution in [2.45, 2.75) is 50.2 Å². The molecule has 2 atom stereocenters. The van der Waals surface area contributed by atoms with Crippen LogP contribution >= 0.6 is 0 Å². The Morgan fingerprint density at radius 3 is 2.62 bits per heavy atom. The number of carboxylic acids is 1. The van der Waals surface area contributed by atoms with Crippen molar-refractivity contribution < 1.29 is 29.8 Å². The number of hydrogen-bond acceptors (Lipinski definition) is 7. The topological polar surface area (TPSA) is 136 Å². The zero-order valence-corrected chi connectivity index (χ0v) is 14.5. The minimum absolute atomic E-state index is 0.00600. The van der Waals surface area contributed by atoms with E-state index in [0.29, 0.717) is 24.7 Å². The molecule has 0 aromatic heterocycles. The molecule has 9 heteroatoms. The summed E-state index contributed by atoms with van der Waals surface area (Å²) in [6.07, 6.45) is 3.28. The van der Waals surface area contributed by atoms with Crippen LogP contribution in [0.5, 0.6) is 11.5 Å². The standard InChI is InChI=1S/C17H25BN2O6/c19-12-2-1-3-13(12)20-8-11(9-20)26-14-5-4-10(6-7-18(24)25)16(21)15(14)17(22)23/h4-5,11-13,21,24-25H,1-3,6-9,19H2,(H,22,23)/t12-,13+/m1/s1. The number of aromatic hydroxyl groups is 1. The van der Waals surface area contributed by atoms with Crippen LogP contribution in [0.4, 0.5) is 0 Å². The van der Waals surface area contributed by atoms with Gasteiger partial charge in [-0.3, -0.25) is 4.90 Å². The molecule has 8 nitrogen and oxygen atoms in total. The average molecular weight is 364 g/mol. The van der Waals surface area contributed by atoms with E-state index in [2.05, 4.69) is 4.90 Å². The molecule has 0 bridgehead atoms. The van der Waals surface area contributed by atoms with Gasteiger partial charge in [0.1, 0.15) is 23.2 Å². The number of benzene rings is 1. The second-order valence-corrected chi connectivity index (χ2v) is 7.13. The van der Waals surface area contributed by atoms with E-state index in [1.807, 2.05) is 0 Å². The maximum atomic E-state index is 11.6. The monoisotopic (exact) mass is 364 g/mol. The number of aromatic carboxylic acids is 1. The Morgan fingerprint density at radius 2 is 2.04 bits per heavy atom. The first-order chi connectivity index (χ1) is 12.4. The van der Waals surface area contributed by atoms with E-state index in [-0.39, 0.29) is 41.9 Å². The molecule has 0 spiro atoms. The Labute approximate surface area is 152 Å². The van der Waals surface area contributed by atoms with Crippen molar-refractivity contribution in [1.82, 2.24) is 4.90 Å². The molecule has 26 heavy (non-hydrogen) atoms. The zero-order chi connectivity index (χ0) is 18.8. The van der Waals surface area contributed by atoms with Gasteiger partial charge in [0.05, 0.1) is 0 Å². The lowest BCUT2D eigenvalue weighted by atomic mass is 9.82. The molecular weight excluding hydrogens is 339 g/mol. The third-order valence-electron chi connectivity index (χ3n) is 5.28. The highest BCUT2D eigenvalue weighted by Crippen LogP contribution is 2.35. The predicted molar refractivity (Wildman–Crippen MR) is 95.4 cm³/mol. The summed E-state index contributed by atoms with van der Waals surface area (Å²) in [5.74, 6) is -1.54. The van der Waals surface area contributed by atoms with Crippen LogP contribution in [0.3, 0.4) is 0 Å². The molecule has 1 heterocycles. The molecule has 6 N–H and O–H groups in total. The minimum atomic E-state index is -1.51. The van der Waals surface area contributed by atoms with E-state index in [0.717, 1.165) is 19.3 Å². The summed E-state index contributed by atoms with van der Waals surface area (Å²) in [5, 5.41) is 37.6. The Bertz CT molecular complexity index is 665. The SMILES string of the molecule is N[C@@H]1CCC[C@@H]1N1CC(Oc2ccc(CCB(O)O)c(O)c2C(=O)O)C1. The molecule has 1 aliphatic heterocycles. The largest absolute Gasteiger partial charge is 0.507 e. The lowest BCUT2D eigenvalue weighted by molar-refractivity contribution is -0.0118. The molecule has 1 saturated carbocycles. The van der Waals surface area contributed by atoms with Gasteiger partial charge in [0.25, 0.3) is 0 Å². The quantitative estimate of drug-likeness (QED) is 0.428. The van der Waals surface area contributed by atoms with Gasteiger partial charge in [-0.05, 0) is 37.2 Å². The van der Waals surface area contributed by atoms with E-state index in [9.17, 15) is 15.0 Å². The van der Waals surface area contributed by atoms with Crippen molar-refractivity contribution in [2.75, 3.05) is 13.1 Å². The number of carboxylic acid groups (broad SMARTS) is 1. The second kappa shape index (κ2) is 7.83. The summed E-state index contributed by atoms with van der Waals surface area (Å²) in [7, 11) is -1.51. The predicted octanol–water partition coefficient (Wildman–Crippen LogP) is 0.0485. The van der Waals surface area contributed by atoms with E-state index in [4.69, 9.17) is 20.5 Å². The van der Waals surface area contributed by atoms with Gasteiger partial charge in [-0.25, -0.2) is 4.79 Å². The maximum absolute atomic E-state index is 11.6. The summed E-state index contributed by atoms with van der Waals surface area (Å²) in [6, 6.07) is 3.64. The van der Waals surface area contributed by atoms with Crippen molar-refractivity contribution in [3.63, 3.8) is 0 Å². The Morgan fingerprint density at radius 1 is 1.31 bits per heavy atom. The van der Waals surface area contributed by atoms with Crippen molar-refractivity contribution in [3.8, 4) is 11.5 Å². The number of nitrogens with two attached hydrogens (primary N) is 1. The molecule has 2 aliphatic rings. The van der Waals surface area contributed by atoms with Crippen molar-refractivity contribution in [1.29, 1.82) is 0 Å². The van der Waals surface area contributed by atoms with E-state index >= 15 is 0 Å². The summed E-state index contributed by atoms with van der Waals surface area (Å²) in [5.41, 5.74) is 6.17. The van der Waals surface area contributed by atoms with Crippen molar-refractivity contribution in [2.24, 2.45) is 5.73 Å². The summed E-state index contributed by atoms with van der Waals surface area (Å²) in [4.78, 5) is 13.8. The number of nitrogens with zero attached hydrogens (tertiary/aromatic N) is 1. The van der Waals surface area contributed by atoms with E-state index in [1.54, 1.807) is 6.07 Å². The summed E-state index contributed by atoms with van der Waals surface area (Å²) >= 11 is 0. The molecule has 142 valence electrons. The molecule has 0 unspecified atom stereocenters. The number of aryl methyl sites for hydroxylation is 1. The van der Waals surface area contributed by atoms with E-state index < -0.39 is 13.1 Å². The Balaban J connectivity index is 1.66. The fraction of sp³-hybridized carbons (Fsp3) is 0.588. The van der Waals surface area contributed by atoms with Gasteiger partial charge in [0, 0.05) is 25.2 Å². The first-order valence-electron chi connectivity index (χ1n) is 8.97. The highest BCUT2D eigenvalue weighted by molar-refractivity contribution is 6.41. The molecular formula is C17H25BN2O6. The molecule has 1 saturated heterocycles. The minimum Gasteiger partial charge on any atom is -0.507 e. The van der Waals surface area contributed by atoms with Crippen molar-refractivity contribution >= 4 is 13.1 Å². The van der Waals surface area contributed by atoms with Crippen LogP contribution in [-0.4, -0.2) is 69.5 Å². The second-order valence-electron chi connectivity index (χ2n) is 7.13. The number of hydrogen-bond donors (Lipinski definition) is 5. The first kappa shape index (κ1) is 19.0. The Hall–Kier alpha value is -1.81. The van der Waals surface area contributed by atoms with Crippen LogP contribution in [-0.2, 0) is 6.42 Å². The number of ether oxygens (including phenoxy) is 1. The van der Waals surface area contributed by atoms with Crippen molar-refractivity contribution in [3.05, 3.63) is 23.3 Å². The highest BCUT2D eigenvalue weighted by Gasteiger charge is 2.39. The van der Waals surface area contributed by atoms with Crippen LogP contribution in [0.25, 0.3) is 0 Å². The van der Waals surface area contributed by atoms with Gasteiger partial charge < -0.3 is 30.7 Å². The summed E-state index contributed by atoms with van der Waals surface area (Å²) < 4.78 is 5.81. The number of carbonyl (C=O) groups is 1. The number of phenols is 1. The fourth-order valence-corrected chi connectivity index (χ4v) is 3.82. The molecule has 1 aromatic carbocycles. The van der Waals surface area contributed by atoms with Crippen LogP contribution in [0, 0.1) is 0 Å². The van der Waals surface area contributed by atoms with Gasteiger partial charge in [-0.1, -0.05) is 12.5 Å². The lowest BCUT2D eigenvalue weighted by Gasteiger charge is -2.44. The smallest absolute Gasteiger partial charge is 0.451 e. The van der Waals surface area contributed by atoms with Gasteiger partial charge in [0.2, 0.25) is 0 Å². The number of rotatable bonds is 7. The van der Waals surface area contributed by atoms with Crippen LogP contribution in [0.15, 0.2) is 12.1 Å². The molecule has 0 amide bonds. The lowest BCUT2D eigenvalue weighted by Crippen LogP contribution is -2.60. The summed E-state index contributed by atoms with van der Waals surface area (Å²) in [6.45, 7) is 1.38. The van der Waals surface area contributed by atoms with Gasteiger partial charge in [0.15, 0.2) is 0 Å². The third kappa shape index (κ3) is 3.96. The molecule has 1 aromatic rings. The fourth-order valence-electron chi connectivity index (χ4n) is 3.82. The zero-order valence-electron chi connectivity index (χ0n) is 14.5. The highest BCUT2D eigenvalue weighted by atomic mass is 16.5. The van der Waals surface area contributed by atoms with Crippen LogP contribution < -0.4 is 10.5 Å². The third-order valence-corrected chi connectivity index (χ3v) is 5.28. The number of likely N-dealkylation sites (tertiary alicyclic amines) is 1. The van der Waals surface area contributed by atoms with Crippen LogP contribution in [0.1, 0.15) is 35.2 Å². The first-order valence-corrected chi connectivity index (χ1v) is 8.97. The van der Waals surface area contributed by atoms with E-state index in [1.165, 1.54) is 6.07 Å².